The normalized spacial score (nSPS) is 20.3. The van der Waals surface area contributed by atoms with Gasteiger partial charge in [0.15, 0.2) is 0 Å². The Morgan fingerprint density at radius 1 is 1.25 bits per heavy atom. The van der Waals surface area contributed by atoms with Crippen molar-refractivity contribution in [3.05, 3.63) is 28.7 Å². The highest BCUT2D eigenvalue weighted by Gasteiger charge is 2.32. The van der Waals surface area contributed by atoms with Gasteiger partial charge in [-0.25, -0.2) is 9.59 Å². The lowest BCUT2D eigenvalue weighted by Crippen LogP contribution is -2.52. The molecule has 2 aliphatic heterocycles. The molecule has 2 fully saturated rings. The molecule has 0 radical (unpaired) electrons. The summed E-state index contributed by atoms with van der Waals surface area (Å²) in [5.41, 5.74) is 1.89. The number of aliphatic carboxylic acids is 1. The molecular weight excluding hydrogens is 368 g/mol. The van der Waals surface area contributed by atoms with Crippen molar-refractivity contribution in [2.45, 2.75) is 25.0 Å². The van der Waals surface area contributed by atoms with Crippen molar-refractivity contribution in [3.63, 3.8) is 0 Å². The second-order valence-corrected chi connectivity index (χ2v) is 7.08. The number of imidazole rings is 1. The summed E-state index contributed by atoms with van der Waals surface area (Å²) in [5, 5.41) is 11.0. The third-order valence-electron chi connectivity index (χ3n) is 5.25. The van der Waals surface area contributed by atoms with Gasteiger partial charge in [-0.15, -0.1) is 0 Å². The van der Waals surface area contributed by atoms with Gasteiger partial charge in [0.25, 0.3) is 0 Å². The van der Waals surface area contributed by atoms with Crippen LogP contribution in [0.15, 0.2) is 23.0 Å². The monoisotopic (exact) mass is 388 g/mol. The van der Waals surface area contributed by atoms with Crippen molar-refractivity contribution in [3.8, 4) is 0 Å². The quantitative estimate of drug-likeness (QED) is 0.669. The summed E-state index contributed by atoms with van der Waals surface area (Å²) < 4.78 is 8.18. The van der Waals surface area contributed by atoms with Crippen LogP contribution in [0.25, 0.3) is 11.0 Å². The number of aryl methyl sites for hydroxylation is 1. The first-order valence-corrected chi connectivity index (χ1v) is 8.98. The lowest BCUT2D eigenvalue weighted by Gasteiger charge is -2.40. The fraction of sp³-hybridized carbons (Fsp3) is 0.444. The molecule has 2 aromatic rings. The molecule has 0 spiro atoms. The fourth-order valence-electron chi connectivity index (χ4n) is 3.72. The van der Waals surface area contributed by atoms with E-state index in [0.717, 1.165) is 5.69 Å². The van der Waals surface area contributed by atoms with Crippen molar-refractivity contribution in [2.75, 3.05) is 24.6 Å². The molecule has 2 saturated heterocycles. The molecule has 2 aliphatic rings. The zero-order chi connectivity index (χ0) is 20.0. The Hall–Kier alpha value is -3.14. The first-order valence-electron chi connectivity index (χ1n) is 8.98. The summed E-state index contributed by atoms with van der Waals surface area (Å²) in [6.45, 7) is 0.821. The van der Waals surface area contributed by atoms with Crippen LogP contribution in [0.5, 0.6) is 0 Å². The van der Waals surface area contributed by atoms with Crippen molar-refractivity contribution < 1.29 is 24.2 Å². The molecule has 10 nitrogen and oxygen atoms in total. The maximum absolute atomic E-state index is 12.8. The van der Waals surface area contributed by atoms with Crippen LogP contribution in [0.2, 0.25) is 0 Å². The molecular formula is C18H20N4O6. The standard InChI is InChI=1S/C18H20N4O6/c1-20-14-6-10(21-7-11(8-21)28-9-16(24)25)2-3-12(14)22(18(20)27)13-4-5-15(23)19-17(13)26/h2-3,6,11,13H,4-5,7-9H2,1H3,(H,24,25)(H,19,23,26)/t13-/m1/s1. The number of amides is 2. The van der Waals surface area contributed by atoms with Crippen molar-refractivity contribution in [1.82, 2.24) is 14.5 Å². The average Bonchev–Trinajstić information content (AvgIpc) is 2.85. The van der Waals surface area contributed by atoms with Gasteiger partial charge in [-0.1, -0.05) is 0 Å². The number of imide groups is 1. The van der Waals surface area contributed by atoms with E-state index < -0.39 is 17.9 Å². The number of nitrogens with zero attached hydrogens (tertiary/aromatic N) is 3. The number of carboxylic acids is 1. The van der Waals surface area contributed by atoms with Gasteiger partial charge in [0, 0.05) is 32.2 Å². The summed E-state index contributed by atoms with van der Waals surface area (Å²) in [5.74, 6) is -1.78. The van der Waals surface area contributed by atoms with Gasteiger partial charge >= 0.3 is 11.7 Å². The van der Waals surface area contributed by atoms with Crippen LogP contribution in [-0.2, 0) is 26.2 Å². The van der Waals surface area contributed by atoms with Gasteiger partial charge in [0.05, 0.1) is 17.1 Å². The number of anilines is 1. The van der Waals surface area contributed by atoms with Crippen LogP contribution >= 0.6 is 0 Å². The molecule has 2 amide bonds. The second kappa shape index (κ2) is 6.79. The SMILES string of the molecule is Cn1c(=O)n([C@@H]2CCC(=O)NC2=O)c2ccc(N3CC(OCC(=O)O)C3)cc21. The van der Waals surface area contributed by atoms with Crippen LogP contribution in [0.1, 0.15) is 18.9 Å². The highest BCUT2D eigenvalue weighted by atomic mass is 16.5. The largest absolute Gasteiger partial charge is 0.480 e. The maximum atomic E-state index is 12.8. The molecule has 10 heteroatoms. The highest BCUT2D eigenvalue weighted by Crippen LogP contribution is 2.28. The number of hydrogen-bond acceptors (Lipinski definition) is 6. The number of ether oxygens (including phenoxy) is 1. The number of carboxylic acid groups (broad SMARTS) is 1. The van der Waals surface area contributed by atoms with Crippen molar-refractivity contribution >= 4 is 34.5 Å². The van der Waals surface area contributed by atoms with E-state index in [1.807, 2.05) is 17.0 Å². The minimum atomic E-state index is -0.996. The molecule has 0 bridgehead atoms. The predicted octanol–water partition coefficient (Wildman–Crippen LogP) is -0.392. The van der Waals surface area contributed by atoms with Gasteiger partial charge in [-0.2, -0.15) is 0 Å². The van der Waals surface area contributed by atoms with E-state index in [9.17, 15) is 19.2 Å². The number of piperidine rings is 1. The van der Waals surface area contributed by atoms with Crippen molar-refractivity contribution in [1.29, 1.82) is 0 Å². The first-order chi connectivity index (χ1) is 13.3. The van der Waals surface area contributed by atoms with Gasteiger partial charge in [0.1, 0.15) is 12.6 Å². The molecule has 1 atom stereocenters. The lowest BCUT2D eigenvalue weighted by atomic mass is 10.1. The van der Waals surface area contributed by atoms with Gasteiger partial charge < -0.3 is 14.7 Å². The minimum Gasteiger partial charge on any atom is -0.480 e. The molecule has 2 N–H and O–H groups in total. The number of fused-ring (bicyclic) bond motifs is 1. The molecule has 1 aromatic carbocycles. The Morgan fingerprint density at radius 3 is 2.68 bits per heavy atom. The van der Waals surface area contributed by atoms with E-state index in [0.29, 0.717) is 30.5 Å². The Labute approximate surface area is 159 Å². The Bertz CT molecular complexity index is 1030. The molecule has 0 aliphatic carbocycles. The van der Waals surface area contributed by atoms with Gasteiger partial charge in [-0.05, 0) is 24.6 Å². The van der Waals surface area contributed by atoms with Gasteiger partial charge in [0.2, 0.25) is 11.8 Å². The summed E-state index contributed by atoms with van der Waals surface area (Å²) in [6, 6.07) is 4.81. The predicted molar refractivity (Wildman–Crippen MR) is 98.2 cm³/mol. The van der Waals surface area contributed by atoms with Crippen LogP contribution in [-0.4, -0.2) is 57.8 Å². The number of hydrogen-bond donors (Lipinski definition) is 2. The topological polar surface area (TPSA) is 123 Å². The molecule has 0 unspecified atom stereocenters. The first kappa shape index (κ1) is 18.2. The Kier molecular flexibility index (Phi) is 4.42. The Morgan fingerprint density at radius 2 is 2.00 bits per heavy atom. The molecule has 28 heavy (non-hydrogen) atoms. The summed E-state index contributed by atoms with van der Waals surface area (Å²) in [4.78, 5) is 49.0. The van der Waals surface area contributed by atoms with E-state index in [-0.39, 0.29) is 30.7 Å². The molecule has 3 heterocycles. The zero-order valence-electron chi connectivity index (χ0n) is 15.3. The van der Waals surface area contributed by atoms with E-state index >= 15 is 0 Å². The lowest BCUT2D eigenvalue weighted by molar-refractivity contribution is -0.145. The van der Waals surface area contributed by atoms with Crippen LogP contribution < -0.4 is 15.9 Å². The number of aromatic nitrogens is 2. The maximum Gasteiger partial charge on any atom is 0.329 e. The van der Waals surface area contributed by atoms with E-state index in [1.54, 1.807) is 13.1 Å². The molecule has 1 aromatic heterocycles. The van der Waals surface area contributed by atoms with Crippen LogP contribution in [0.3, 0.4) is 0 Å². The summed E-state index contributed by atoms with van der Waals surface area (Å²) in [7, 11) is 1.64. The number of nitrogens with one attached hydrogen (secondary N) is 1. The van der Waals surface area contributed by atoms with Gasteiger partial charge in [-0.3, -0.25) is 24.0 Å². The molecule has 148 valence electrons. The second-order valence-electron chi connectivity index (χ2n) is 7.08. The fourth-order valence-corrected chi connectivity index (χ4v) is 3.72. The van der Waals surface area contributed by atoms with Crippen LogP contribution in [0, 0.1) is 0 Å². The number of carbonyl (C=O) groups is 3. The van der Waals surface area contributed by atoms with E-state index in [4.69, 9.17) is 9.84 Å². The number of benzene rings is 1. The molecule has 4 rings (SSSR count). The van der Waals surface area contributed by atoms with Crippen LogP contribution in [0.4, 0.5) is 5.69 Å². The van der Waals surface area contributed by atoms with E-state index in [1.165, 1.54) is 9.13 Å². The smallest absolute Gasteiger partial charge is 0.329 e. The highest BCUT2D eigenvalue weighted by molar-refractivity contribution is 6.00. The third-order valence-corrected chi connectivity index (χ3v) is 5.25. The van der Waals surface area contributed by atoms with E-state index in [2.05, 4.69) is 5.32 Å². The number of carbonyl (C=O) groups excluding carboxylic acids is 2. The average molecular weight is 388 g/mol. The molecule has 0 saturated carbocycles. The number of rotatable bonds is 5. The Balaban J connectivity index is 1.59. The summed E-state index contributed by atoms with van der Waals surface area (Å²) >= 11 is 0. The minimum absolute atomic E-state index is 0.135. The summed E-state index contributed by atoms with van der Waals surface area (Å²) in [6.07, 6.45) is 0.354. The zero-order valence-corrected chi connectivity index (χ0v) is 15.3. The third kappa shape index (κ3) is 3.05. The van der Waals surface area contributed by atoms with Crippen molar-refractivity contribution in [2.24, 2.45) is 7.05 Å².